The minimum Gasteiger partial charge on any atom is -0.298 e. The number of fused-ring (bicyclic) bond motifs is 1. The highest BCUT2D eigenvalue weighted by molar-refractivity contribution is 6.35. The molecule has 2 aromatic rings. The van der Waals surface area contributed by atoms with Gasteiger partial charge in [0.1, 0.15) is 0 Å². The van der Waals surface area contributed by atoms with Crippen LogP contribution >= 0.6 is 11.6 Å². The largest absolute Gasteiger partial charge is 0.298 e. The lowest BCUT2D eigenvalue weighted by Gasteiger charge is -2.12. The van der Waals surface area contributed by atoms with Crippen molar-refractivity contribution in [2.24, 2.45) is 0 Å². The van der Waals surface area contributed by atoms with E-state index in [-0.39, 0.29) is 5.92 Å². The van der Waals surface area contributed by atoms with Gasteiger partial charge in [0, 0.05) is 17.1 Å². The van der Waals surface area contributed by atoms with Gasteiger partial charge in [0.15, 0.2) is 6.29 Å². The summed E-state index contributed by atoms with van der Waals surface area (Å²) >= 11 is 6.08. The number of halogens is 1. The lowest BCUT2D eigenvalue weighted by Crippen LogP contribution is -1.98. The number of para-hydroxylation sites is 1. The third-order valence-electron chi connectivity index (χ3n) is 2.63. The van der Waals surface area contributed by atoms with Crippen LogP contribution in [0.4, 0.5) is 0 Å². The number of nitrogens with zero attached hydrogens (tertiary/aromatic N) is 1. The van der Waals surface area contributed by atoms with E-state index in [1.807, 2.05) is 18.2 Å². The predicted molar refractivity (Wildman–Crippen MR) is 66.2 cm³/mol. The zero-order valence-electron chi connectivity index (χ0n) is 9.20. The molecule has 0 aliphatic heterocycles. The Labute approximate surface area is 99.3 Å². The maximum Gasteiger partial charge on any atom is 0.151 e. The fourth-order valence-electron chi connectivity index (χ4n) is 1.96. The van der Waals surface area contributed by atoms with Crippen LogP contribution in [0.2, 0.25) is 5.02 Å². The van der Waals surface area contributed by atoms with Gasteiger partial charge in [0.25, 0.3) is 0 Å². The van der Waals surface area contributed by atoms with Crippen LogP contribution in [-0.2, 0) is 0 Å². The van der Waals surface area contributed by atoms with Crippen molar-refractivity contribution in [2.45, 2.75) is 19.8 Å². The van der Waals surface area contributed by atoms with E-state index in [4.69, 9.17) is 11.6 Å². The molecular weight excluding hydrogens is 222 g/mol. The van der Waals surface area contributed by atoms with Crippen LogP contribution in [0.15, 0.2) is 24.4 Å². The number of carbonyl (C=O) groups is 1. The standard InChI is InChI=1S/C13H12ClNO/c1-8(2)12-9(7-16)6-15-13-10(12)4-3-5-11(13)14/h3-8H,1-2H3. The van der Waals surface area contributed by atoms with E-state index in [0.717, 1.165) is 22.8 Å². The summed E-state index contributed by atoms with van der Waals surface area (Å²) in [7, 11) is 0. The molecule has 0 aliphatic carbocycles. The quantitative estimate of drug-likeness (QED) is 0.738. The van der Waals surface area contributed by atoms with E-state index in [0.29, 0.717) is 10.6 Å². The number of aromatic nitrogens is 1. The van der Waals surface area contributed by atoms with Crippen molar-refractivity contribution >= 4 is 28.8 Å². The highest BCUT2D eigenvalue weighted by Gasteiger charge is 2.12. The van der Waals surface area contributed by atoms with Crippen molar-refractivity contribution in [3.63, 3.8) is 0 Å². The Morgan fingerprint density at radius 3 is 2.75 bits per heavy atom. The van der Waals surface area contributed by atoms with Gasteiger partial charge in [-0.25, -0.2) is 0 Å². The van der Waals surface area contributed by atoms with Gasteiger partial charge in [-0.15, -0.1) is 0 Å². The predicted octanol–water partition coefficient (Wildman–Crippen LogP) is 3.82. The number of aldehydes is 1. The number of hydrogen-bond donors (Lipinski definition) is 0. The third kappa shape index (κ3) is 1.69. The molecule has 0 fully saturated rings. The molecule has 0 saturated heterocycles. The first-order chi connectivity index (χ1) is 7.65. The maximum atomic E-state index is 11.0. The third-order valence-corrected chi connectivity index (χ3v) is 2.93. The summed E-state index contributed by atoms with van der Waals surface area (Å²) in [4.78, 5) is 15.2. The fraction of sp³-hybridized carbons (Fsp3) is 0.231. The Kier molecular flexibility index (Phi) is 2.92. The first kappa shape index (κ1) is 11.1. The van der Waals surface area contributed by atoms with Gasteiger partial charge in [0.05, 0.1) is 10.5 Å². The highest BCUT2D eigenvalue weighted by atomic mass is 35.5. The lowest BCUT2D eigenvalue weighted by atomic mass is 9.95. The maximum absolute atomic E-state index is 11.0. The summed E-state index contributed by atoms with van der Waals surface area (Å²) in [6.45, 7) is 4.12. The average molecular weight is 234 g/mol. The lowest BCUT2D eigenvalue weighted by molar-refractivity contribution is 0.112. The highest BCUT2D eigenvalue weighted by Crippen LogP contribution is 2.30. The van der Waals surface area contributed by atoms with Crippen LogP contribution in [-0.4, -0.2) is 11.3 Å². The normalized spacial score (nSPS) is 11.0. The van der Waals surface area contributed by atoms with Crippen molar-refractivity contribution < 1.29 is 4.79 Å². The summed E-state index contributed by atoms with van der Waals surface area (Å²) in [5.41, 5.74) is 2.42. The molecule has 0 aliphatic rings. The Balaban J connectivity index is 2.89. The average Bonchev–Trinajstić information content (AvgIpc) is 2.27. The van der Waals surface area contributed by atoms with E-state index in [9.17, 15) is 4.79 Å². The molecule has 16 heavy (non-hydrogen) atoms. The monoisotopic (exact) mass is 233 g/mol. The molecule has 2 rings (SSSR count). The Morgan fingerprint density at radius 1 is 1.38 bits per heavy atom. The topological polar surface area (TPSA) is 30.0 Å². The van der Waals surface area contributed by atoms with Crippen LogP contribution < -0.4 is 0 Å². The van der Waals surface area contributed by atoms with Gasteiger partial charge < -0.3 is 0 Å². The molecule has 0 N–H and O–H groups in total. The molecule has 82 valence electrons. The number of rotatable bonds is 2. The van der Waals surface area contributed by atoms with Crippen molar-refractivity contribution in [2.75, 3.05) is 0 Å². The smallest absolute Gasteiger partial charge is 0.151 e. The molecule has 3 heteroatoms. The van der Waals surface area contributed by atoms with Crippen LogP contribution in [0.1, 0.15) is 35.7 Å². The minimum atomic E-state index is 0.268. The molecule has 0 saturated carbocycles. The molecule has 0 unspecified atom stereocenters. The fourth-order valence-corrected chi connectivity index (χ4v) is 2.18. The van der Waals surface area contributed by atoms with Gasteiger partial charge in [-0.3, -0.25) is 9.78 Å². The molecular formula is C13H12ClNO. The molecule has 1 aromatic carbocycles. The van der Waals surface area contributed by atoms with Crippen LogP contribution in [0.25, 0.3) is 10.9 Å². The van der Waals surface area contributed by atoms with Gasteiger partial charge in [0.2, 0.25) is 0 Å². The van der Waals surface area contributed by atoms with Gasteiger partial charge in [-0.1, -0.05) is 37.6 Å². The Morgan fingerprint density at radius 2 is 2.12 bits per heavy atom. The molecule has 1 heterocycles. The number of hydrogen-bond acceptors (Lipinski definition) is 2. The second kappa shape index (κ2) is 4.22. The second-order valence-corrected chi connectivity index (χ2v) is 4.44. The van der Waals surface area contributed by atoms with Crippen molar-refractivity contribution in [3.8, 4) is 0 Å². The van der Waals surface area contributed by atoms with E-state index < -0.39 is 0 Å². The molecule has 0 spiro atoms. The second-order valence-electron chi connectivity index (χ2n) is 4.04. The molecule has 0 radical (unpaired) electrons. The Hall–Kier alpha value is -1.41. The number of pyridine rings is 1. The van der Waals surface area contributed by atoms with Gasteiger partial charge in [-0.05, 0) is 17.5 Å². The molecule has 0 amide bonds. The molecule has 0 atom stereocenters. The van der Waals surface area contributed by atoms with Crippen molar-refractivity contribution in [1.82, 2.24) is 4.98 Å². The van der Waals surface area contributed by atoms with Crippen LogP contribution in [0.3, 0.4) is 0 Å². The Bertz CT molecular complexity index is 549. The number of benzene rings is 1. The van der Waals surface area contributed by atoms with E-state index in [2.05, 4.69) is 18.8 Å². The minimum absolute atomic E-state index is 0.268. The summed E-state index contributed by atoms with van der Waals surface area (Å²) in [5.74, 6) is 0.268. The van der Waals surface area contributed by atoms with Gasteiger partial charge >= 0.3 is 0 Å². The van der Waals surface area contributed by atoms with Gasteiger partial charge in [-0.2, -0.15) is 0 Å². The summed E-state index contributed by atoms with van der Waals surface area (Å²) in [5, 5.41) is 1.59. The van der Waals surface area contributed by atoms with E-state index >= 15 is 0 Å². The zero-order chi connectivity index (χ0) is 11.7. The SMILES string of the molecule is CC(C)c1c(C=O)cnc2c(Cl)cccc12. The first-order valence-corrected chi connectivity index (χ1v) is 5.55. The van der Waals surface area contributed by atoms with E-state index in [1.165, 1.54) is 0 Å². The number of carbonyl (C=O) groups excluding carboxylic acids is 1. The van der Waals surface area contributed by atoms with Crippen molar-refractivity contribution in [3.05, 3.63) is 40.5 Å². The molecule has 1 aromatic heterocycles. The summed E-state index contributed by atoms with van der Waals surface area (Å²) in [6.07, 6.45) is 2.44. The zero-order valence-corrected chi connectivity index (χ0v) is 9.95. The van der Waals surface area contributed by atoms with Crippen molar-refractivity contribution in [1.29, 1.82) is 0 Å². The molecule has 2 nitrogen and oxygen atoms in total. The first-order valence-electron chi connectivity index (χ1n) is 5.17. The summed E-state index contributed by atoms with van der Waals surface area (Å²) < 4.78 is 0. The van der Waals surface area contributed by atoms with E-state index in [1.54, 1.807) is 6.20 Å². The van der Waals surface area contributed by atoms with Crippen LogP contribution in [0, 0.1) is 0 Å². The molecule has 0 bridgehead atoms. The van der Waals surface area contributed by atoms with Crippen LogP contribution in [0.5, 0.6) is 0 Å². The summed E-state index contributed by atoms with van der Waals surface area (Å²) in [6, 6.07) is 5.64.